The van der Waals surface area contributed by atoms with Gasteiger partial charge in [-0.1, -0.05) is 0 Å². The molecular weight excluding hydrogens is 352 g/mol. The average Bonchev–Trinajstić information content (AvgIpc) is 2.84. The van der Waals surface area contributed by atoms with E-state index in [9.17, 15) is 20.4 Å². The second kappa shape index (κ2) is 4.86. The summed E-state index contributed by atoms with van der Waals surface area (Å²) >= 11 is 0. The number of hydrogen-bond acceptors (Lipinski definition) is 7. The predicted molar refractivity (Wildman–Crippen MR) is 92.9 cm³/mol. The van der Waals surface area contributed by atoms with Crippen molar-refractivity contribution >= 4 is 0 Å². The van der Waals surface area contributed by atoms with Crippen LogP contribution in [0.25, 0.3) is 0 Å². The molecule has 3 atom stereocenters. The van der Waals surface area contributed by atoms with Crippen molar-refractivity contribution < 1.29 is 34.6 Å². The van der Waals surface area contributed by atoms with Crippen molar-refractivity contribution in [3.8, 4) is 23.0 Å². The lowest BCUT2D eigenvalue weighted by Crippen LogP contribution is -2.55. The smallest absolute Gasteiger partial charge is 0.275 e. The molecule has 0 saturated carbocycles. The number of aromatic hydroxyl groups is 1. The normalized spacial score (nSPS) is 32.1. The van der Waals surface area contributed by atoms with Crippen LogP contribution in [0.1, 0.15) is 30.5 Å². The Labute approximate surface area is 155 Å². The molecule has 7 heteroatoms. The van der Waals surface area contributed by atoms with E-state index in [2.05, 4.69) is 0 Å². The van der Waals surface area contributed by atoms with E-state index < -0.39 is 23.1 Å². The summed E-state index contributed by atoms with van der Waals surface area (Å²) in [5, 5.41) is 42.8. The molecule has 4 N–H and O–H groups in total. The van der Waals surface area contributed by atoms with Crippen molar-refractivity contribution in [1.82, 2.24) is 0 Å². The first-order valence-corrected chi connectivity index (χ1v) is 8.79. The van der Waals surface area contributed by atoms with Gasteiger partial charge in [-0.3, -0.25) is 0 Å². The van der Waals surface area contributed by atoms with Crippen LogP contribution in [0.2, 0.25) is 0 Å². The Morgan fingerprint density at radius 3 is 2.52 bits per heavy atom. The molecule has 0 fully saturated rings. The van der Waals surface area contributed by atoms with Crippen molar-refractivity contribution in [3.63, 3.8) is 0 Å². The molecule has 0 saturated heterocycles. The Hall–Kier alpha value is -2.48. The van der Waals surface area contributed by atoms with Crippen LogP contribution < -0.4 is 14.2 Å². The molecule has 0 spiro atoms. The van der Waals surface area contributed by atoms with Crippen LogP contribution in [-0.2, 0) is 17.8 Å². The van der Waals surface area contributed by atoms with Crippen LogP contribution in [-0.4, -0.2) is 38.7 Å². The molecule has 0 aromatic heterocycles. The number of fused-ring (bicyclic) bond motifs is 7. The third kappa shape index (κ3) is 1.96. The average molecular weight is 372 g/mol. The van der Waals surface area contributed by atoms with Crippen LogP contribution in [0.3, 0.4) is 0 Å². The monoisotopic (exact) mass is 372 g/mol. The fourth-order valence-electron chi connectivity index (χ4n) is 4.09. The summed E-state index contributed by atoms with van der Waals surface area (Å²) in [5.74, 6) is -1.03. The maximum Gasteiger partial charge on any atom is 0.275 e. The molecule has 0 aliphatic carbocycles. The van der Waals surface area contributed by atoms with Gasteiger partial charge < -0.3 is 34.6 Å². The summed E-state index contributed by atoms with van der Waals surface area (Å²) in [6.45, 7) is 3.35. The van der Waals surface area contributed by atoms with Gasteiger partial charge in [-0.25, -0.2) is 0 Å². The van der Waals surface area contributed by atoms with Gasteiger partial charge in [-0.2, -0.15) is 0 Å². The highest BCUT2D eigenvalue weighted by molar-refractivity contribution is 5.60. The molecule has 2 aromatic carbocycles. The standard InChI is InChI=1S/C20H20O7/c1-18(2)16(22)8-11-14(26-18)6-5-13-17(11)27-20(24)12-4-3-10(21)7-15(12)25-9-19(13,20)23/h3-7,16,21-24H,8-9H2,1-2H3/t16-,19+,20-/m1/s1. The lowest BCUT2D eigenvalue weighted by atomic mass is 9.80. The van der Waals surface area contributed by atoms with Crippen molar-refractivity contribution in [2.24, 2.45) is 0 Å². The van der Waals surface area contributed by atoms with Gasteiger partial charge in [-0.15, -0.1) is 0 Å². The number of aliphatic hydroxyl groups excluding tert-OH is 1. The van der Waals surface area contributed by atoms with Crippen molar-refractivity contribution in [2.75, 3.05) is 6.61 Å². The lowest BCUT2D eigenvalue weighted by molar-refractivity contribution is -0.272. The maximum absolute atomic E-state index is 11.4. The highest BCUT2D eigenvalue weighted by Gasteiger charge is 2.65. The molecule has 3 heterocycles. The molecule has 27 heavy (non-hydrogen) atoms. The second-order valence-electron chi connectivity index (χ2n) is 7.92. The zero-order valence-corrected chi connectivity index (χ0v) is 14.9. The fraction of sp³-hybridized carbons (Fsp3) is 0.400. The van der Waals surface area contributed by atoms with Gasteiger partial charge >= 0.3 is 0 Å². The summed E-state index contributed by atoms with van der Waals surface area (Å²) in [4.78, 5) is 0. The second-order valence-corrected chi connectivity index (χ2v) is 7.92. The van der Waals surface area contributed by atoms with Crippen LogP contribution in [0.5, 0.6) is 23.0 Å². The summed E-state index contributed by atoms with van der Waals surface area (Å²) in [5.41, 5.74) is -1.40. The third-order valence-electron chi connectivity index (χ3n) is 5.81. The van der Waals surface area contributed by atoms with Crippen LogP contribution in [0.4, 0.5) is 0 Å². The minimum Gasteiger partial charge on any atom is -0.508 e. The number of phenolic OH excluding ortho intramolecular Hbond substituents is 1. The number of ether oxygens (including phenoxy) is 3. The van der Waals surface area contributed by atoms with Gasteiger partial charge in [0.2, 0.25) is 0 Å². The predicted octanol–water partition coefficient (Wildman–Crippen LogP) is 1.28. The molecule has 2 aromatic rings. The van der Waals surface area contributed by atoms with Crippen LogP contribution >= 0.6 is 0 Å². The van der Waals surface area contributed by atoms with Gasteiger partial charge in [0.15, 0.2) is 5.60 Å². The summed E-state index contributed by atoms with van der Waals surface area (Å²) < 4.78 is 17.5. The number of phenols is 1. The van der Waals surface area contributed by atoms with Gasteiger partial charge in [0.25, 0.3) is 5.79 Å². The van der Waals surface area contributed by atoms with Crippen molar-refractivity contribution in [3.05, 3.63) is 47.0 Å². The van der Waals surface area contributed by atoms with E-state index in [-0.39, 0.29) is 35.8 Å². The molecule has 7 nitrogen and oxygen atoms in total. The molecule has 3 aliphatic heterocycles. The molecule has 3 aliphatic rings. The van der Waals surface area contributed by atoms with Crippen molar-refractivity contribution in [1.29, 1.82) is 0 Å². The Balaban J connectivity index is 1.69. The molecular formula is C20H20O7. The fourth-order valence-corrected chi connectivity index (χ4v) is 4.09. The van der Waals surface area contributed by atoms with Gasteiger partial charge in [0, 0.05) is 23.6 Å². The first-order valence-electron chi connectivity index (χ1n) is 8.79. The quantitative estimate of drug-likeness (QED) is 0.552. The lowest BCUT2D eigenvalue weighted by Gasteiger charge is -2.40. The third-order valence-corrected chi connectivity index (χ3v) is 5.81. The highest BCUT2D eigenvalue weighted by atomic mass is 16.7. The summed E-state index contributed by atoms with van der Waals surface area (Å²) in [6.07, 6.45) is -0.506. The molecule has 142 valence electrons. The van der Waals surface area contributed by atoms with Gasteiger partial charge in [-0.05, 0) is 38.1 Å². The van der Waals surface area contributed by atoms with Crippen LogP contribution in [0.15, 0.2) is 30.3 Å². The summed E-state index contributed by atoms with van der Waals surface area (Å²) in [6, 6.07) is 7.57. The van der Waals surface area contributed by atoms with Gasteiger partial charge in [0.1, 0.15) is 35.2 Å². The van der Waals surface area contributed by atoms with Crippen molar-refractivity contribution in [2.45, 2.75) is 43.4 Å². The number of rotatable bonds is 0. The Bertz CT molecular complexity index is 969. The Morgan fingerprint density at radius 2 is 1.74 bits per heavy atom. The van der Waals surface area contributed by atoms with Gasteiger partial charge in [0.05, 0.1) is 11.7 Å². The Morgan fingerprint density at radius 1 is 1.00 bits per heavy atom. The van der Waals surface area contributed by atoms with E-state index in [1.54, 1.807) is 26.0 Å². The minimum atomic E-state index is -2.08. The number of hydrogen-bond donors (Lipinski definition) is 4. The molecule has 0 amide bonds. The first kappa shape index (κ1) is 16.7. The minimum absolute atomic E-state index is 0.0190. The topological polar surface area (TPSA) is 109 Å². The molecule has 0 unspecified atom stereocenters. The molecule has 0 bridgehead atoms. The Kier molecular flexibility index (Phi) is 3.00. The largest absolute Gasteiger partial charge is 0.508 e. The highest BCUT2D eigenvalue weighted by Crippen LogP contribution is 2.59. The van der Waals surface area contributed by atoms with E-state index in [0.29, 0.717) is 16.9 Å². The number of benzene rings is 2. The zero-order valence-electron chi connectivity index (χ0n) is 14.9. The van der Waals surface area contributed by atoms with E-state index >= 15 is 0 Å². The van der Waals surface area contributed by atoms with E-state index in [0.717, 1.165) is 0 Å². The number of aliphatic hydroxyl groups is 3. The van der Waals surface area contributed by atoms with E-state index in [1.807, 2.05) is 0 Å². The van der Waals surface area contributed by atoms with E-state index in [4.69, 9.17) is 14.2 Å². The maximum atomic E-state index is 11.4. The summed E-state index contributed by atoms with van der Waals surface area (Å²) in [7, 11) is 0. The SMILES string of the molecule is CC1(C)Oc2ccc3c(c2C[C@H]1O)O[C@]1(O)c2ccc(O)cc2OC[C@]31O. The zero-order chi connectivity index (χ0) is 19.2. The van der Waals surface area contributed by atoms with Crippen LogP contribution in [0, 0.1) is 0 Å². The molecule has 0 radical (unpaired) electrons. The molecule has 5 rings (SSSR count). The first-order chi connectivity index (χ1) is 12.7. The van der Waals surface area contributed by atoms with E-state index in [1.165, 1.54) is 18.2 Å².